The second-order valence-corrected chi connectivity index (χ2v) is 11.0. The molecule has 0 spiro atoms. The Morgan fingerprint density at radius 3 is 2.10 bits per heavy atom. The molecule has 220 valence electrons. The lowest BCUT2D eigenvalue weighted by atomic mass is 9.66. The number of aliphatic hydroxyl groups is 1. The van der Waals surface area contributed by atoms with Crippen LogP contribution in [0.2, 0.25) is 0 Å². The SMILES string of the molecule is COC1=C(C)C(=O)C2=C(C1=O)[C@@H]1[C@@H]3CC4=C(C(=O)C(OC)=C(C)C4=O)[C@H](CNC(=O)C(C)=O)N3C(C#N)[C@H]([C@H]2O)N1C. The molecule has 2 N–H and O–H groups in total. The van der Waals surface area contributed by atoms with E-state index in [1.54, 1.807) is 16.8 Å². The van der Waals surface area contributed by atoms with Crippen molar-refractivity contribution in [1.29, 1.82) is 5.26 Å². The van der Waals surface area contributed by atoms with Crippen molar-refractivity contribution >= 4 is 34.8 Å². The zero-order valence-corrected chi connectivity index (χ0v) is 23.9. The first kappa shape index (κ1) is 29.2. The smallest absolute Gasteiger partial charge is 0.287 e. The number of carbonyl (C=O) groups is 6. The Balaban J connectivity index is 1.74. The predicted molar refractivity (Wildman–Crippen MR) is 142 cm³/mol. The summed E-state index contributed by atoms with van der Waals surface area (Å²) in [5.74, 6) is -4.30. The highest BCUT2D eigenvalue weighted by atomic mass is 16.5. The van der Waals surface area contributed by atoms with Gasteiger partial charge in [-0.15, -0.1) is 0 Å². The van der Waals surface area contributed by atoms with Crippen LogP contribution in [0.4, 0.5) is 0 Å². The highest BCUT2D eigenvalue weighted by Crippen LogP contribution is 2.49. The van der Waals surface area contributed by atoms with E-state index in [1.165, 1.54) is 28.1 Å². The van der Waals surface area contributed by atoms with Crippen LogP contribution in [0.3, 0.4) is 0 Å². The molecular formula is C29H30N4O9. The van der Waals surface area contributed by atoms with Gasteiger partial charge >= 0.3 is 0 Å². The number of likely N-dealkylation sites (N-methyl/N-ethyl adjacent to an activating group) is 1. The second-order valence-electron chi connectivity index (χ2n) is 11.0. The maximum atomic E-state index is 13.8. The third kappa shape index (κ3) is 3.79. The van der Waals surface area contributed by atoms with Crippen molar-refractivity contribution in [1.82, 2.24) is 15.1 Å². The number of fused-ring (bicyclic) bond motifs is 5. The zero-order valence-electron chi connectivity index (χ0n) is 23.9. The van der Waals surface area contributed by atoms with Gasteiger partial charge in [0.15, 0.2) is 23.1 Å². The molecule has 0 radical (unpaired) electrons. The highest BCUT2D eigenvalue weighted by Gasteiger charge is 2.62. The molecule has 3 heterocycles. The molecular weight excluding hydrogens is 548 g/mol. The van der Waals surface area contributed by atoms with Crippen LogP contribution in [-0.2, 0) is 38.2 Å². The molecule has 0 aromatic heterocycles. The van der Waals surface area contributed by atoms with Gasteiger partial charge in [0.05, 0.1) is 38.4 Å². The summed E-state index contributed by atoms with van der Waals surface area (Å²) in [6.07, 6.45) is -1.63. The van der Waals surface area contributed by atoms with Crippen molar-refractivity contribution in [3.05, 3.63) is 45.0 Å². The molecule has 3 aliphatic heterocycles. The van der Waals surface area contributed by atoms with Gasteiger partial charge in [0.25, 0.3) is 5.91 Å². The summed E-state index contributed by atoms with van der Waals surface area (Å²) in [7, 11) is 4.14. The fraction of sp³-hybridized carbons (Fsp3) is 0.483. The molecule has 5 rings (SSSR count). The van der Waals surface area contributed by atoms with Crippen molar-refractivity contribution in [2.75, 3.05) is 27.8 Å². The van der Waals surface area contributed by atoms with Gasteiger partial charge in [-0.2, -0.15) is 5.26 Å². The number of piperazine rings is 1. The lowest BCUT2D eigenvalue weighted by Crippen LogP contribution is -2.77. The van der Waals surface area contributed by atoms with Gasteiger partial charge in [0, 0.05) is 52.9 Å². The first-order valence-corrected chi connectivity index (χ1v) is 13.3. The number of aliphatic hydroxyl groups excluding tert-OH is 1. The molecule has 2 bridgehead atoms. The number of hydrogen-bond acceptors (Lipinski definition) is 12. The molecule has 2 aliphatic carbocycles. The summed E-state index contributed by atoms with van der Waals surface area (Å²) < 4.78 is 10.6. The summed E-state index contributed by atoms with van der Waals surface area (Å²) in [6, 6.07) is -2.82. The Labute approximate surface area is 241 Å². The number of amides is 1. The van der Waals surface area contributed by atoms with Crippen molar-refractivity contribution in [3.8, 4) is 6.07 Å². The number of carbonyl (C=O) groups excluding carboxylic acids is 6. The molecule has 13 heteroatoms. The molecule has 1 fully saturated rings. The van der Waals surface area contributed by atoms with Crippen LogP contribution in [0.15, 0.2) is 45.0 Å². The summed E-state index contributed by atoms with van der Waals surface area (Å²) in [4.78, 5) is 82.1. The van der Waals surface area contributed by atoms with Crippen LogP contribution < -0.4 is 5.32 Å². The largest absolute Gasteiger partial charge is 0.492 e. The number of ether oxygens (including phenoxy) is 2. The lowest BCUT2D eigenvalue weighted by molar-refractivity contribution is -0.137. The number of Topliss-reactive ketones (excluding diaryl/α,β-unsaturated/α-hetero) is 5. The van der Waals surface area contributed by atoms with Gasteiger partial charge in [-0.1, -0.05) is 0 Å². The van der Waals surface area contributed by atoms with Crippen LogP contribution in [0.1, 0.15) is 27.2 Å². The van der Waals surface area contributed by atoms with Gasteiger partial charge in [-0.3, -0.25) is 38.6 Å². The number of allylic oxidation sites excluding steroid dienone is 4. The Kier molecular flexibility index (Phi) is 7.13. The first-order chi connectivity index (χ1) is 19.8. The van der Waals surface area contributed by atoms with E-state index in [9.17, 15) is 39.1 Å². The third-order valence-corrected chi connectivity index (χ3v) is 9.04. The van der Waals surface area contributed by atoms with E-state index < -0.39 is 71.1 Å². The number of nitrogens with zero attached hydrogens (tertiary/aromatic N) is 3. The van der Waals surface area contributed by atoms with Crippen molar-refractivity contribution in [2.45, 2.75) is 63.5 Å². The summed E-state index contributed by atoms with van der Waals surface area (Å²) >= 11 is 0. The number of methoxy groups -OCH3 is 2. The maximum absolute atomic E-state index is 13.8. The molecule has 0 saturated carbocycles. The Morgan fingerprint density at radius 1 is 0.976 bits per heavy atom. The number of hydrogen-bond donors (Lipinski definition) is 2. The van der Waals surface area contributed by atoms with Crippen molar-refractivity contribution < 1.29 is 43.3 Å². The van der Waals surface area contributed by atoms with Gasteiger partial charge in [0.1, 0.15) is 12.1 Å². The van der Waals surface area contributed by atoms with E-state index in [-0.39, 0.29) is 57.9 Å². The molecule has 1 unspecified atom stereocenters. The molecule has 42 heavy (non-hydrogen) atoms. The quantitative estimate of drug-likeness (QED) is 0.295. The average Bonchev–Trinajstić information content (AvgIpc) is 2.95. The molecule has 0 aromatic rings. The molecule has 6 atom stereocenters. The lowest BCUT2D eigenvalue weighted by Gasteiger charge is -2.61. The summed E-state index contributed by atoms with van der Waals surface area (Å²) in [5, 5.41) is 24.6. The Bertz CT molecular complexity index is 1560. The number of ketones is 5. The van der Waals surface area contributed by atoms with Crippen LogP contribution in [-0.4, -0.2) is 114 Å². The minimum atomic E-state index is -1.56. The first-order valence-electron chi connectivity index (χ1n) is 13.3. The van der Waals surface area contributed by atoms with Crippen molar-refractivity contribution in [3.63, 3.8) is 0 Å². The van der Waals surface area contributed by atoms with Crippen LogP contribution in [0.5, 0.6) is 0 Å². The van der Waals surface area contributed by atoms with E-state index in [0.29, 0.717) is 0 Å². The van der Waals surface area contributed by atoms with E-state index in [4.69, 9.17) is 9.47 Å². The van der Waals surface area contributed by atoms with Crippen LogP contribution >= 0.6 is 0 Å². The minimum absolute atomic E-state index is 0.00455. The maximum Gasteiger partial charge on any atom is 0.287 e. The fourth-order valence-electron chi connectivity index (χ4n) is 7.21. The van der Waals surface area contributed by atoms with E-state index in [2.05, 4.69) is 11.4 Å². The fourth-order valence-corrected chi connectivity index (χ4v) is 7.21. The molecule has 13 nitrogen and oxygen atoms in total. The summed E-state index contributed by atoms with van der Waals surface area (Å²) in [5.41, 5.74) is 0.141. The normalized spacial score (nSPS) is 31.5. The van der Waals surface area contributed by atoms with Gasteiger partial charge in [-0.25, -0.2) is 0 Å². The second kappa shape index (κ2) is 10.2. The Hall–Kier alpha value is -4.25. The van der Waals surface area contributed by atoms with Gasteiger partial charge in [-0.05, 0) is 27.3 Å². The third-order valence-electron chi connectivity index (χ3n) is 9.04. The molecule has 1 saturated heterocycles. The van der Waals surface area contributed by atoms with Gasteiger partial charge < -0.3 is 19.9 Å². The van der Waals surface area contributed by atoms with E-state index in [0.717, 1.165) is 6.92 Å². The van der Waals surface area contributed by atoms with Crippen LogP contribution in [0.25, 0.3) is 0 Å². The topological polar surface area (TPSA) is 183 Å². The number of nitrogens with one attached hydrogen (secondary N) is 1. The predicted octanol–water partition coefficient (Wildman–Crippen LogP) is -1.18. The molecule has 0 aromatic carbocycles. The standard InChI is InChI=1S/C29H30N4O9/c1-10-22(35)13-7-14-20-18-19(23(36)11(2)28(42-6)26(18)39)24(37)21(32(20)4)15(8-30)33(14)16(9-31-29(40)12(3)34)17(13)25(38)27(10)41-5/h14-16,20-21,24,37H,7,9H2,1-6H3,(H,31,40)/t14-,15?,16-,20-,21+,24-/m0/s1. The number of nitriles is 1. The van der Waals surface area contributed by atoms with E-state index >= 15 is 0 Å². The molecule has 1 amide bonds. The average molecular weight is 579 g/mol. The van der Waals surface area contributed by atoms with Crippen LogP contribution in [0, 0.1) is 11.3 Å². The van der Waals surface area contributed by atoms with E-state index in [1.807, 2.05) is 0 Å². The molecule has 5 aliphatic rings. The number of rotatable bonds is 5. The zero-order chi connectivity index (χ0) is 30.9. The summed E-state index contributed by atoms with van der Waals surface area (Å²) in [6.45, 7) is 3.63. The monoisotopic (exact) mass is 578 g/mol. The minimum Gasteiger partial charge on any atom is -0.492 e. The van der Waals surface area contributed by atoms with Gasteiger partial charge in [0.2, 0.25) is 17.3 Å². The Morgan fingerprint density at radius 2 is 1.55 bits per heavy atom. The van der Waals surface area contributed by atoms with Crippen molar-refractivity contribution in [2.24, 2.45) is 0 Å². The highest BCUT2D eigenvalue weighted by molar-refractivity contribution is 6.35.